The first kappa shape index (κ1) is 25.1. The van der Waals surface area contributed by atoms with Crippen LogP contribution in [0.3, 0.4) is 0 Å². The Balaban J connectivity index is 0.00000392. The summed E-state index contributed by atoms with van der Waals surface area (Å²) in [6.45, 7) is 5.13. The van der Waals surface area contributed by atoms with Crippen LogP contribution in [-0.4, -0.2) is 50.0 Å². The molecule has 1 saturated heterocycles. The second kappa shape index (κ2) is 14.1. The zero-order valence-electron chi connectivity index (χ0n) is 18.0. The number of ether oxygens (including phenoxy) is 2. The van der Waals surface area contributed by atoms with Crippen molar-refractivity contribution in [2.24, 2.45) is 0 Å². The molecule has 4 nitrogen and oxygen atoms in total. The lowest BCUT2D eigenvalue weighted by atomic mass is 9.85. The molecule has 5 heteroatoms. The maximum atomic E-state index is 10.8. The normalized spacial score (nSPS) is 19.9. The number of benzene rings is 1. The highest BCUT2D eigenvalue weighted by Gasteiger charge is 2.32. The molecule has 1 N–H and O–H groups in total. The molecule has 0 bridgehead atoms. The van der Waals surface area contributed by atoms with Gasteiger partial charge in [-0.1, -0.05) is 57.9 Å². The van der Waals surface area contributed by atoms with Crippen molar-refractivity contribution in [3.63, 3.8) is 0 Å². The van der Waals surface area contributed by atoms with Gasteiger partial charge >= 0.3 is 0 Å². The second-order valence-electron chi connectivity index (χ2n) is 7.81. The highest BCUT2D eigenvalue weighted by atomic mass is 35.5. The molecule has 2 rings (SSSR count). The molecule has 0 saturated carbocycles. The number of methoxy groups -OCH3 is 2. The first-order valence-corrected chi connectivity index (χ1v) is 10.8. The van der Waals surface area contributed by atoms with Gasteiger partial charge in [-0.15, -0.1) is 12.4 Å². The zero-order chi connectivity index (χ0) is 19.5. The van der Waals surface area contributed by atoms with Gasteiger partial charge in [-0.3, -0.25) is 0 Å². The molecule has 0 amide bonds. The standard InChI is InChI=1S/C23H39NO3.ClH/c1-4-5-6-7-8-9-10-11-16-24-17-15-19(20(25)18-24)23-21(26-2)13-12-14-22(23)27-3;/h12-14,19-20,25H,4-11,15-18H2,1-3H3;1H. The summed E-state index contributed by atoms with van der Waals surface area (Å²) in [6.07, 6.45) is 11.3. The lowest BCUT2D eigenvalue weighted by Crippen LogP contribution is -2.43. The van der Waals surface area contributed by atoms with Crippen LogP contribution in [0.1, 0.15) is 76.2 Å². The van der Waals surface area contributed by atoms with E-state index in [9.17, 15) is 5.11 Å². The number of β-amino-alcohol motifs (C(OH)–C–C–N with tert-alkyl or cyclic N) is 1. The maximum absolute atomic E-state index is 10.8. The van der Waals surface area contributed by atoms with Gasteiger partial charge in [0.2, 0.25) is 0 Å². The van der Waals surface area contributed by atoms with Crippen molar-refractivity contribution in [1.29, 1.82) is 0 Å². The minimum absolute atomic E-state index is 0. The molecule has 162 valence electrons. The molecular weight excluding hydrogens is 374 g/mol. The van der Waals surface area contributed by atoms with Gasteiger partial charge in [-0.2, -0.15) is 0 Å². The van der Waals surface area contributed by atoms with Gasteiger partial charge in [0, 0.05) is 18.0 Å². The molecule has 1 aliphatic rings. The summed E-state index contributed by atoms with van der Waals surface area (Å²) in [4.78, 5) is 2.42. The highest BCUT2D eigenvalue weighted by molar-refractivity contribution is 5.85. The van der Waals surface area contributed by atoms with E-state index in [0.717, 1.165) is 43.1 Å². The van der Waals surface area contributed by atoms with Gasteiger partial charge in [0.25, 0.3) is 0 Å². The van der Waals surface area contributed by atoms with Crippen LogP contribution in [0.2, 0.25) is 0 Å². The van der Waals surface area contributed by atoms with E-state index in [1.54, 1.807) is 14.2 Å². The summed E-state index contributed by atoms with van der Waals surface area (Å²) in [6, 6.07) is 5.85. The third kappa shape index (κ3) is 7.46. The SMILES string of the molecule is CCCCCCCCCCN1CCC(c2c(OC)cccc2OC)C(O)C1.Cl. The summed E-state index contributed by atoms with van der Waals surface area (Å²) >= 11 is 0. The van der Waals surface area contributed by atoms with Crippen molar-refractivity contribution in [3.05, 3.63) is 23.8 Å². The van der Waals surface area contributed by atoms with Crippen molar-refractivity contribution >= 4 is 12.4 Å². The van der Waals surface area contributed by atoms with Crippen LogP contribution in [0, 0.1) is 0 Å². The van der Waals surface area contributed by atoms with Gasteiger partial charge in [-0.05, 0) is 38.1 Å². The molecule has 0 radical (unpaired) electrons. The van der Waals surface area contributed by atoms with Crippen LogP contribution >= 0.6 is 12.4 Å². The fourth-order valence-corrected chi connectivity index (χ4v) is 4.25. The molecule has 2 unspecified atom stereocenters. The van der Waals surface area contributed by atoms with Crippen LogP contribution < -0.4 is 9.47 Å². The summed E-state index contributed by atoms with van der Waals surface area (Å²) in [5.41, 5.74) is 1.02. The maximum Gasteiger partial charge on any atom is 0.126 e. The third-order valence-corrected chi connectivity index (χ3v) is 5.83. The number of nitrogens with zero attached hydrogens (tertiary/aromatic N) is 1. The van der Waals surface area contributed by atoms with Crippen molar-refractivity contribution in [2.75, 3.05) is 33.9 Å². The molecule has 0 aromatic heterocycles. The quantitative estimate of drug-likeness (QED) is 0.465. The lowest BCUT2D eigenvalue weighted by Gasteiger charge is -2.37. The number of unbranched alkanes of at least 4 members (excludes halogenated alkanes) is 7. The van der Waals surface area contributed by atoms with Crippen LogP contribution in [0.25, 0.3) is 0 Å². The first-order chi connectivity index (χ1) is 13.2. The third-order valence-electron chi connectivity index (χ3n) is 5.83. The topological polar surface area (TPSA) is 41.9 Å². The number of hydrogen-bond acceptors (Lipinski definition) is 4. The number of likely N-dealkylation sites (tertiary alicyclic amines) is 1. The second-order valence-corrected chi connectivity index (χ2v) is 7.81. The Bertz CT molecular complexity index is 518. The lowest BCUT2D eigenvalue weighted by molar-refractivity contribution is 0.0489. The van der Waals surface area contributed by atoms with E-state index in [1.807, 2.05) is 18.2 Å². The molecule has 0 spiro atoms. The van der Waals surface area contributed by atoms with E-state index >= 15 is 0 Å². The molecule has 0 aliphatic carbocycles. The molecule has 28 heavy (non-hydrogen) atoms. The smallest absolute Gasteiger partial charge is 0.126 e. The van der Waals surface area contributed by atoms with Gasteiger partial charge in [0.1, 0.15) is 11.5 Å². The van der Waals surface area contributed by atoms with Gasteiger partial charge in [0.05, 0.1) is 20.3 Å². The fraction of sp³-hybridized carbons (Fsp3) is 0.739. The van der Waals surface area contributed by atoms with E-state index in [-0.39, 0.29) is 24.4 Å². The number of aliphatic hydroxyl groups is 1. The first-order valence-electron chi connectivity index (χ1n) is 10.8. The fourth-order valence-electron chi connectivity index (χ4n) is 4.25. The molecular formula is C23H40ClNO3. The number of rotatable bonds is 12. The number of hydrogen-bond donors (Lipinski definition) is 1. The summed E-state index contributed by atoms with van der Waals surface area (Å²) < 4.78 is 11.1. The van der Waals surface area contributed by atoms with Crippen molar-refractivity contribution in [2.45, 2.75) is 76.7 Å². The Hall–Kier alpha value is -0.970. The van der Waals surface area contributed by atoms with E-state index in [2.05, 4.69) is 11.8 Å². The minimum atomic E-state index is -0.377. The van der Waals surface area contributed by atoms with E-state index in [4.69, 9.17) is 9.47 Å². The number of piperidine rings is 1. The van der Waals surface area contributed by atoms with E-state index in [1.165, 1.54) is 51.4 Å². The van der Waals surface area contributed by atoms with Crippen molar-refractivity contribution in [1.82, 2.24) is 4.90 Å². The Labute approximate surface area is 178 Å². The van der Waals surface area contributed by atoms with Gasteiger partial charge in [0.15, 0.2) is 0 Å². The van der Waals surface area contributed by atoms with Crippen molar-refractivity contribution in [3.8, 4) is 11.5 Å². The summed E-state index contributed by atoms with van der Waals surface area (Å²) in [5, 5.41) is 10.8. The summed E-state index contributed by atoms with van der Waals surface area (Å²) in [7, 11) is 3.37. The molecule has 1 aliphatic heterocycles. The number of halogens is 1. The Morgan fingerprint density at radius 1 is 0.964 bits per heavy atom. The monoisotopic (exact) mass is 413 g/mol. The van der Waals surface area contributed by atoms with Crippen LogP contribution in [0.4, 0.5) is 0 Å². The molecule has 2 atom stereocenters. The zero-order valence-corrected chi connectivity index (χ0v) is 18.8. The number of aliphatic hydroxyl groups excluding tert-OH is 1. The Morgan fingerprint density at radius 2 is 1.54 bits per heavy atom. The Morgan fingerprint density at radius 3 is 2.07 bits per heavy atom. The average Bonchev–Trinajstić information content (AvgIpc) is 2.69. The molecule has 1 fully saturated rings. The van der Waals surface area contributed by atoms with Crippen LogP contribution in [0.15, 0.2) is 18.2 Å². The average molecular weight is 414 g/mol. The van der Waals surface area contributed by atoms with Gasteiger partial charge < -0.3 is 19.5 Å². The predicted octanol–water partition coefficient (Wildman–Crippen LogP) is 5.42. The molecule has 1 heterocycles. The largest absolute Gasteiger partial charge is 0.496 e. The van der Waals surface area contributed by atoms with Gasteiger partial charge in [-0.25, -0.2) is 0 Å². The minimum Gasteiger partial charge on any atom is -0.496 e. The van der Waals surface area contributed by atoms with Crippen LogP contribution in [0.5, 0.6) is 11.5 Å². The Kier molecular flexibility index (Phi) is 12.6. The molecule has 1 aromatic carbocycles. The van der Waals surface area contributed by atoms with Crippen molar-refractivity contribution < 1.29 is 14.6 Å². The van der Waals surface area contributed by atoms with E-state index < -0.39 is 0 Å². The van der Waals surface area contributed by atoms with E-state index in [0.29, 0.717) is 0 Å². The van der Waals surface area contributed by atoms with Crippen LogP contribution in [-0.2, 0) is 0 Å². The molecule has 1 aromatic rings. The predicted molar refractivity (Wildman–Crippen MR) is 119 cm³/mol. The summed E-state index contributed by atoms with van der Waals surface area (Å²) in [5.74, 6) is 1.70. The highest BCUT2D eigenvalue weighted by Crippen LogP contribution is 2.40.